The van der Waals surface area contributed by atoms with E-state index in [0.717, 1.165) is 17.7 Å². The Kier molecular flexibility index (Phi) is 2.70. The topological polar surface area (TPSA) is 43.8 Å². The lowest BCUT2D eigenvalue weighted by Gasteiger charge is -2.00. The smallest absolute Gasteiger partial charge is 0.159 e. The number of hydrogen-bond acceptors (Lipinski definition) is 2. The Hall–Kier alpha value is -1.75. The van der Waals surface area contributed by atoms with Crippen molar-refractivity contribution >= 4 is 0 Å². The molecule has 0 spiro atoms. The van der Waals surface area contributed by atoms with Crippen LogP contribution in [0, 0.1) is 11.6 Å². The molecule has 0 atom stereocenters. The number of aryl methyl sites for hydroxylation is 1. The van der Waals surface area contributed by atoms with E-state index >= 15 is 0 Å². The molecule has 0 saturated heterocycles. The minimum Gasteiger partial charge on any atom is -0.326 e. The summed E-state index contributed by atoms with van der Waals surface area (Å²) in [6.07, 6.45) is 1.76. The standard InChI is InChI=1S/C11H11F2N3/c1-16-6-8(5-14)11(15-16)7-2-3-9(12)10(13)4-7/h2-4,6H,5,14H2,1H3. The van der Waals surface area contributed by atoms with Crippen LogP contribution in [0.5, 0.6) is 0 Å². The van der Waals surface area contributed by atoms with Crippen LogP contribution in [0.1, 0.15) is 5.56 Å². The lowest BCUT2D eigenvalue weighted by atomic mass is 10.1. The summed E-state index contributed by atoms with van der Waals surface area (Å²) in [7, 11) is 1.75. The molecule has 1 aromatic heterocycles. The van der Waals surface area contributed by atoms with E-state index in [1.807, 2.05) is 0 Å². The van der Waals surface area contributed by atoms with Gasteiger partial charge in [-0.2, -0.15) is 5.10 Å². The molecule has 2 aromatic rings. The van der Waals surface area contributed by atoms with Crippen molar-refractivity contribution in [2.24, 2.45) is 12.8 Å². The molecule has 84 valence electrons. The summed E-state index contributed by atoms with van der Waals surface area (Å²) in [5, 5.41) is 4.17. The molecule has 0 amide bonds. The van der Waals surface area contributed by atoms with Crippen molar-refractivity contribution in [1.82, 2.24) is 9.78 Å². The number of hydrogen-bond donors (Lipinski definition) is 1. The van der Waals surface area contributed by atoms with Gasteiger partial charge in [0.25, 0.3) is 0 Å². The van der Waals surface area contributed by atoms with Crippen LogP contribution in [0.25, 0.3) is 11.3 Å². The molecule has 2 rings (SSSR count). The lowest BCUT2D eigenvalue weighted by molar-refractivity contribution is 0.509. The van der Waals surface area contributed by atoms with Crippen molar-refractivity contribution in [3.05, 3.63) is 41.6 Å². The van der Waals surface area contributed by atoms with Crippen LogP contribution in [0.15, 0.2) is 24.4 Å². The zero-order chi connectivity index (χ0) is 11.7. The molecule has 5 heteroatoms. The van der Waals surface area contributed by atoms with E-state index in [9.17, 15) is 8.78 Å². The first-order valence-electron chi connectivity index (χ1n) is 4.80. The highest BCUT2D eigenvalue weighted by molar-refractivity contribution is 5.62. The Balaban J connectivity index is 2.53. The molecular weight excluding hydrogens is 212 g/mol. The van der Waals surface area contributed by atoms with Crippen LogP contribution in [0.2, 0.25) is 0 Å². The van der Waals surface area contributed by atoms with Crippen molar-refractivity contribution in [2.45, 2.75) is 6.54 Å². The summed E-state index contributed by atoms with van der Waals surface area (Å²) in [5.74, 6) is -1.75. The zero-order valence-electron chi connectivity index (χ0n) is 8.74. The van der Waals surface area contributed by atoms with Crippen molar-refractivity contribution in [2.75, 3.05) is 0 Å². The fourth-order valence-corrected chi connectivity index (χ4v) is 1.57. The Morgan fingerprint density at radius 2 is 2.06 bits per heavy atom. The minimum atomic E-state index is -0.883. The van der Waals surface area contributed by atoms with Gasteiger partial charge >= 0.3 is 0 Å². The van der Waals surface area contributed by atoms with E-state index in [1.54, 1.807) is 17.9 Å². The molecule has 0 fully saturated rings. The Morgan fingerprint density at radius 3 is 2.69 bits per heavy atom. The Bertz CT molecular complexity index is 520. The molecule has 0 saturated carbocycles. The summed E-state index contributed by atoms with van der Waals surface area (Å²) in [6.45, 7) is 0.308. The third-order valence-corrected chi connectivity index (χ3v) is 2.32. The summed E-state index contributed by atoms with van der Waals surface area (Å²) in [4.78, 5) is 0. The van der Waals surface area contributed by atoms with Gasteiger partial charge in [0.15, 0.2) is 11.6 Å². The van der Waals surface area contributed by atoms with Crippen LogP contribution < -0.4 is 5.73 Å². The third-order valence-electron chi connectivity index (χ3n) is 2.32. The van der Waals surface area contributed by atoms with Crippen molar-refractivity contribution in [1.29, 1.82) is 0 Å². The number of aromatic nitrogens is 2. The highest BCUT2D eigenvalue weighted by atomic mass is 19.2. The molecule has 2 N–H and O–H groups in total. The first kappa shape index (κ1) is 10.8. The predicted octanol–water partition coefficient (Wildman–Crippen LogP) is 1.82. The van der Waals surface area contributed by atoms with Crippen LogP contribution in [-0.4, -0.2) is 9.78 Å². The number of benzene rings is 1. The van der Waals surface area contributed by atoms with Gasteiger partial charge in [-0.25, -0.2) is 8.78 Å². The van der Waals surface area contributed by atoms with Crippen LogP contribution in [-0.2, 0) is 13.6 Å². The number of rotatable bonds is 2. The molecule has 0 aliphatic heterocycles. The molecule has 0 unspecified atom stereocenters. The minimum absolute atomic E-state index is 0.308. The van der Waals surface area contributed by atoms with E-state index < -0.39 is 11.6 Å². The summed E-state index contributed by atoms with van der Waals surface area (Å²) >= 11 is 0. The van der Waals surface area contributed by atoms with Crippen molar-refractivity contribution in [3.63, 3.8) is 0 Å². The van der Waals surface area contributed by atoms with Gasteiger partial charge in [0, 0.05) is 30.9 Å². The quantitative estimate of drug-likeness (QED) is 0.844. The summed E-state index contributed by atoms with van der Waals surface area (Å²) in [6, 6.07) is 3.69. The Labute approximate surface area is 91.5 Å². The van der Waals surface area contributed by atoms with Gasteiger partial charge in [-0.1, -0.05) is 0 Å². The molecule has 0 aliphatic carbocycles. The van der Waals surface area contributed by atoms with Gasteiger partial charge in [0.1, 0.15) is 0 Å². The fraction of sp³-hybridized carbons (Fsp3) is 0.182. The van der Waals surface area contributed by atoms with Crippen molar-refractivity contribution in [3.8, 4) is 11.3 Å². The average molecular weight is 223 g/mol. The van der Waals surface area contributed by atoms with Gasteiger partial charge in [0.2, 0.25) is 0 Å². The van der Waals surface area contributed by atoms with E-state index in [2.05, 4.69) is 5.10 Å². The van der Waals surface area contributed by atoms with Crippen LogP contribution in [0.3, 0.4) is 0 Å². The zero-order valence-corrected chi connectivity index (χ0v) is 8.74. The first-order valence-corrected chi connectivity index (χ1v) is 4.80. The number of nitrogens with zero attached hydrogens (tertiary/aromatic N) is 2. The SMILES string of the molecule is Cn1cc(CN)c(-c2ccc(F)c(F)c2)n1. The number of halogens is 2. The van der Waals surface area contributed by atoms with E-state index in [1.165, 1.54) is 6.07 Å². The fourth-order valence-electron chi connectivity index (χ4n) is 1.57. The molecule has 3 nitrogen and oxygen atoms in total. The summed E-state index contributed by atoms with van der Waals surface area (Å²) < 4.78 is 27.4. The molecule has 1 aromatic carbocycles. The normalized spacial score (nSPS) is 10.8. The van der Waals surface area contributed by atoms with Gasteiger partial charge in [0.05, 0.1) is 5.69 Å². The molecule has 1 heterocycles. The van der Waals surface area contributed by atoms with Crippen molar-refractivity contribution < 1.29 is 8.78 Å². The highest BCUT2D eigenvalue weighted by Gasteiger charge is 2.11. The molecule has 16 heavy (non-hydrogen) atoms. The van der Waals surface area contributed by atoms with Crippen LogP contribution in [0.4, 0.5) is 8.78 Å². The third kappa shape index (κ3) is 1.81. The lowest BCUT2D eigenvalue weighted by Crippen LogP contribution is -1.97. The second-order valence-electron chi connectivity index (χ2n) is 3.51. The van der Waals surface area contributed by atoms with Gasteiger partial charge in [-0.3, -0.25) is 4.68 Å². The highest BCUT2D eigenvalue weighted by Crippen LogP contribution is 2.23. The average Bonchev–Trinajstić information content (AvgIpc) is 2.63. The Morgan fingerprint density at radius 1 is 1.31 bits per heavy atom. The number of nitrogens with two attached hydrogens (primary N) is 1. The van der Waals surface area contributed by atoms with E-state index in [0.29, 0.717) is 17.8 Å². The van der Waals surface area contributed by atoms with Crippen LogP contribution >= 0.6 is 0 Å². The maximum absolute atomic E-state index is 13.1. The van der Waals surface area contributed by atoms with Gasteiger partial charge in [-0.05, 0) is 18.2 Å². The molecular formula is C11H11F2N3. The first-order chi connectivity index (χ1) is 7.61. The second kappa shape index (κ2) is 4.02. The molecule has 0 bridgehead atoms. The van der Waals surface area contributed by atoms with E-state index in [4.69, 9.17) is 5.73 Å². The maximum atomic E-state index is 13.1. The largest absolute Gasteiger partial charge is 0.326 e. The van der Waals surface area contributed by atoms with Gasteiger partial charge in [-0.15, -0.1) is 0 Å². The monoisotopic (exact) mass is 223 g/mol. The maximum Gasteiger partial charge on any atom is 0.159 e. The molecule has 0 radical (unpaired) electrons. The summed E-state index contributed by atoms with van der Waals surface area (Å²) in [5.41, 5.74) is 7.46. The van der Waals surface area contributed by atoms with Gasteiger partial charge < -0.3 is 5.73 Å². The molecule has 0 aliphatic rings. The van der Waals surface area contributed by atoms with E-state index in [-0.39, 0.29) is 0 Å². The predicted molar refractivity (Wildman–Crippen MR) is 56.5 cm³/mol. The second-order valence-corrected chi connectivity index (χ2v) is 3.51.